The minimum Gasteiger partial charge on any atom is -0.352 e. The summed E-state index contributed by atoms with van der Waals surface area (Å²) in [5, 5.41) is 3.50. The molecule has 0 heterocycles. The molecule has 12 heteroatoms. The van der Waals surface area contributed by atoms with E-state index in [1.54, 1.807) is 12.1 Å². The van der Waals surface area contributed by atoms with Crippen molar-refractivity contribution in [3.8, 4) is 0 Å². The highest BCUT2D eigenvalue weighted by molar-refractivity contribution is 7.90. The molecule has 1 N–H and O–H groups in total. The van der Waals surface area contributed by atoms with E-state index in [-0.39, 0.29) is 23.3 Å². The van der Waals surface area contributed by atoms with Crippen LogP contribution in [0.3, 0.4) is 0 Å². The van der Waals surface area contributed by atoms with Crippen molar-refractivity contribution in [1.82, 2.24) is 14.5 Å². The fourth-order valence-corrected chi connectivity index (χ4v) is 4.77. The maximum atomic E-state index is 14.6. The Morgan fingerprint density at radius 3 is 2.28 bits per heavy atom. The number of amides is 2. The van der Waals surface area contributed by atoms with Crippen LogP contribution in [0, 0.1) is 5.82 Å². The predicted octanol–water partition coefficient (Wildman–Crippen LogP) is 4.08. The average molecular weight is 562 g/mol. The lowest BCUT2D eigenvalue weighted by Crippen LogP contribution is -2.53. The highest BCUT2D eigenvalue weighted by Gasteiger charge is 2.34. The van der Waals surface area contributed by atoms with E-state index < -0.39 is 40.4 Å². The summed E-state index contributed by atoms with van der Waals surface area (Å²) >= 11 is 12.3. The summed E-state index contributed by atoms with van der Waals surface area (Å²) in [6.45, 7) is 4.43. The number of benzene rings is 2. The molecule has 198 valence electrons. The molecule has 2 rings (SSSR count). The smallest absolute Gasteiger partial charge is 0.304 e. The van der Waals surface area contributed by atoms with Gasteiger partial charge < -0.3 is 10.2 Å². The average Bonchev–Trinajstić information content (AvgIpc) is 2.81. The molecule has 0 bridgehead atoms. The zero-order chi connectivity index (χ0) is 27.2. The lowest BCUT2D eigenvalue weighted by Gasteiger charge is -2.33. The lowest BCUT2D eigenvalue weighted by atomic mass is 10.1. The van der Waals surface area contributed by atoms with Crippen LogP contribution < -0.4 is 9.62 Å². The molecule has 0 aliphatic rings. The van der Waals surface area contributed by atoms with Crippen molar-refractivity contribution in [2.24, 2.45) is 0 Å². The summed E-state index contributed by atoms with van der Waals surface area (Å²) < 4.78 is 42.4. The third-order valence-electron chi connectivity index (χ3n) is 5.66. The molecule has 2 atom stereocenters. The molecule has 0 aliphatic carbocycles. The minimum absolute atomic E-state index is 0.100. The van der Waals surface area contributed by atoms with Crippen LogP contribution in [-0.4, -0.2) is 62.2 Å². The van der Waals surface area contributed by atoms with E-state index in [9.17, 15) is 22.4 Å². The maximum absolute atomic E-state index is 14.6. The number of hydrogen-bond donors (Lipinski definition) is 1. The van der Waals surface area contributed by atoms with Gasteiger partial charge in [-0.15, -0.1) is 0 Å². The Labute approximate surface area is 222 Å². The first-order valence-electron chi connectivity index (χ1n) is 11.3. The van der Waals surface area contributed by atoms with Gasteiger partial charge in [-0.25, -0.2) is 8.70 Å². The Bertz CT molecular complexity index is 1200. The standard InChI is InChI=1S/C24H31Cl2FN4O4S/c1-6-16(2)28-24(33)17(3)30(14-18-11-12-19(25)13-20(18)26)23(32)15-31(36(34,35)29(4)5)22-10-8-7-9-21(22)27/h7-13,16-17H,6,14-15H2,1-5H3,(H,28,33)/t16-,17-/m1/s1. The second-order valence-corrected chi connectivity index (χ2v) is 11.4. The van der Waals surface area contributed by atoms with Crippen LogP contribution in [0.2, 0.25) is 10.0 Å². The Morgan fingerprint density at radius 2 is 1.72 bits per heavy atom. The van der Waals surface area contributed by atoms with Crippen molar-refractivity contribution >= 4 is 50.9 Å². The third kappa shape index (κ3) is 7.32. The quantitative estimate of drug-likeness (QED) is 0.448. The van der Waals surface area contributed by atoms with Gasteiger partial charge in [0, 0.05) is 36.7 Å². The number of nitrogens with zero attached hydrogens (tertiary/aromatic N) is 3. The van der Waals surface area contributed by atoms with Crippen LogP contribution >= 0.6 is 23.2 Å². The van der Waals surface area contributed by atoms with Crippen LogP contribution in [0.5, 0.6) is 0 Å². The number of nitrogens with one attached hydrogen (secondary N) is 1. The van der Waals surface area contributed by atoms with Gasteiger partial charge in [0.15, 0.2) is 0 Å². The van der Waals surface area contributed by atoms with Crippen molar-refractivity contribution in [1.29, 1.82) is 0 Å². The molecule has 0 aliphatic heterocycles. The molecule has 8 nitrogen and oxygen atoms in total. The molecule has 0 radical (unpaired) electrons. The summed E-state index contributed by atoms with van der Waals surface area (Å²) in [7, 11) is -1.71. The monoisotopic (exact) mass is 560 g/mol. The van der Waals surface area contributed by atoms with Crippen LogP contribution in [0.25, 0.3) is 0 Å². The largest absolute Gasteiger partial charge is 0.352 e. The molecule has 0 unspecified atom stereocenters. The minimum atomic E-state index is -4.26. The van der Waals surface area contributed by atoms with Crippen molar-refractivity contribution in [2.45, 2.75) is 45.8 Å². The number of hydrogen-bond acceptors (Lipinski definition) is 4. The van der Waals surface area contributed by atoms with Gasteiger partial charge in [0.05, 0.1) is 5.69 Å². The fourth-order valence-electron chi connectivity index (χ4n) is 3.24. The second-order valence-electron chi connectivity index (χ2n) is 8.50. The number of carbonyl (C=O) groups excluding carboxylic acids is 2. The molecule has 36 heavy (non-hydrogen) atoms. The Kier molecular flexibility index (Phi) is 10.5. The molecule has 0 fully saturated rings. The fraction of sp³-hybridized carbons (Fsp3) is 0.417. The molecular weight excluding hydrogens is 530 g/mol. The SMILES string of the molecule is CC[C@@H](C)NC(=O)[C@@H](C)N(Cc1ccc(Cl)cc1Cl)C(=O)CN(c1ccccc1F)S(=O)(=O)N(C)C. The van der Waals surface area contributed by atoms with Crippen LogP contribution in [-0.2, 0) is 26.3 Å². The zero-order valence-electron chi connectivity index (χ0n) is 20.8. The van der Waals surface area contributed by atoms with E-state index in [1.807, 2.05) is 13.8 Å². The summed E-state index contributed by atoms with van der Waals surface area (Å²) in [6, 6.07) is 8.85. The number of rotatable bonds is 11. The predicted molar refractivity (Wildman–Crippen MR) is 141 cm³/mol. The zero-order valence-corrected chi connectivity index (χ0v) is 23.2. The van der Waals surface area contributed by atoms with Crippen LogP contribution in [0.4, 0.5) is 10.1 Å². The Balaban J connectivity index is 2.50. The molecular formula is C24H31Cl2FN4O4S. The van der Waals surface area contributed by atoms with E-state index >= 15 is 0 Å². The van der Waals surface area contributed by atoms with Crippen LogP contribution in [0.15, 0.2) is 42.5 Å². The highest BCUT2D eigenvalue weighted by atomic mass is 35.5. The van der Waals surface area contributed by atoms with Gasteiger partial charge in [-0.3, -0.25) is 9.59 Å². The summed E-state index contributed by atoms with van der Waals surface area (Å²) in [4.78, 5) is 27.8. The lowest BCUT2D eigenvalue weighted by molar-refractivity contribution is -0.139. The maximum Gasteiger partial charge on any atom is 0.304 e. The number of para-hydroxylation sites is 1. The molecule has 2 aromatic carbocycles. The molecule has 0 spiro atoms. The Morgan fingerprint density at radius 1 is 1.08 bits per heavy atom. The van der Waals surface area contributed by atoms with Crippen molar-refractivity contribution in [2.75, 3.05) is 24.9 Å². The first kappa shape index (κ1) is 29.8. The highest BCUT2D eigenvalue weighted by Crippen LogP contribution is 2.26. The van der Waals surface area contributed by atoms with Crippen molar-refractivity contribution in [3.05, 3.63) is 63.9 Å². The van der Waals surface area contributed by atoms with Gasteiger partial charge in [0.1, 0.15) is 18.4 Å². The number of carbonyl (C=O) groups is 2. The molecule has 2 aromatic rings. The van der Waals surface area contributed by atoms with Gasteiger partial charge in [-0.1, -0.05) is 48.3 Å². The van der Waals surface area contributed by atoms with Crippen molar-refractivity contribution < 1.29 is 22.4 Å². The topological polar surface area (TPSA) is 90.0 Å². The van der Waals surface area contributed by atoms with E-state index in [1.165, 1.54) is 50.2 Å². The molecule has 0 saturated carbocycles. The van der Waals surface area contributed by atoms with Gasteiger partial charge in [-0.05, 0) is 50.1 Å². The van der Waals surface area contributed by atoms with Gasteiger partial charge in [-0.2, -0.15) is 12.7 Å². The van der Waals surface area contributed by atoms with E-state index in [4.69, 9.17) is 23.2 Å². The van der Waals surface area contributed by atoms with E-state index in [0.29, 0.717) is 21.3 Å². The van der Waals surface area contributed by atoms with Gasteiger partial charge in [0.25, 0.3) is 0 Å². The normalized spacial score (nSPS) is 13.2. The van der Waals surface area contributed by atoms with Crippen LogP contribution in [0.1, 0.15) is 32.8 Å². The number of anilines is 1. The van der Waals surface area contributed by atoms with E-state index in [0.717, 1.165) is 10.4 Å². The third-order valence-corrected chi connectivity index (χ3v) is 8.06. The second kappa shape index (κ2) is 12.7. The molecule has 0 saturated heterocycles. The van der Waals surface area contributed by atoms with Crippen molar-refractivity contribution in [3.63, 3.8) is 0 Å². The number of halogens is 3. The summed E-state index contributed by atoms with van der Waals surface area (Å²) in [6.07, 6.45) is 0.678. The first-order chi connectivity index (χ1) is 16.8. The van der Waals surface area contributed by atoms with E-state index in [2.05, 4.69) is 5.32 Å². The first-order valence-corrected chi connectivity index (χ1v) is 13.4. The molecule has 2 amide bonds. The summed E-state index contributed by atoms with van der Waals surface area (Å²) in [5.41, 5.74) is 0.214. The summed E-state index contributed by atoms with van der Waals surface area (Å²) in [5.74, 6) is -1.96. The van der Waals surface area contributed by atoms with Gasteiger partial charge >= 0.3 is 10.2 Å². The van der Waals surface area contributed by atoms with Gasteiger partial charge in [0.2, 0.25) is 11.8 Å². The molecule has 0 aromatic heterocycles. The Hall–Kier alpha value is -2.40.